The molecule has 0 radical (unpaired) electrons. The van der Waals surface area contributed by atoms with Gasteiger partial charge in [-0.15, -0.1) is 0 Å². The van der Waals surface area contributed by atoms with Crippen LogP contribution in [0.1, 0.15) is 27.2 Å². The molecule has 32 heavy (non-hydrogen) atoms. The zero-order valence-corrected chi connectivity index (χ0v) is 19.1. The molecule has 0 aliphatic carbocycles. The molecular weight excluding hydrogens is 422 g/mol. The maximum atomic E-state index is 12.3. The molecule has 164 valence electrons. The zero-order valence-electron chi connectivity index (χ0n) is 18.3. The number of nitrogens with one attached hydrogen (secondary N) is 3. The Morgan fingerprint density at radius 2 is 1.59 bits per heavy atom. The summed E-state index contributed by atoms with van der Waals surface area (Å²) in [6.45, 7) is 6.50. The van der Waals surface area contributed by atoms with E-state index in [1.807, 2.05) is 48.7 Å². The summed E-state index contributed by atoms with van der Waals surface area (Å²) >= 11 is 5.88. The van der Waals surface area contributed by atoms with Gasteiger partial charge in [-0.05, 0) is 68.8 Å². The summed E-state index contributed by atoms with van der Waals surface area (Å²) in [5.74, 6) is 0.952. The van der Waals surface area contributed by atoms with Gasteiger partial charge in [-0.25, -0.2) is 9.78 Å². The summed E-state index contributed by atoms with van der Waals surface area (Å²) in [6, 6.07) is 20.3. The second-order valence-corrected chi connectivity index (χ2v) is 8.70. The lowest BCUT2D eigenvalue weighted by Crippen LogP contribution is -2.30. The molecule has 2 aromatic heterocycles. The number of amides is 2. The van der Waals surface area contributed by atoms with Gasteiger partial charge in [-0.3, -0.25) is 4.40 Å². The predicted octanol–water partition coefficient (Wildman–Crippen LogP) is 6.90. The number of carbonyl (C=O) groups is 1. The number of carbonyl (C=O) groups excluding carboxylic acids is 1. The van der Waals surface area contributed by atoms with Crippen LogP contribution < -0.4 is 16.0 Å². The molecule has 2 heterocycles. The Balaban J connectivity index is 1.56. The van der Waals surface area contributed by atoms with E-state index in [2.05, 4.69) is 41.1 Å². The fourth-order valence-electron chi connectivity index (χ4n) is 3.26. The maximum Gasteiger partial charge on any atom is 0.323 e. The SMILES string of the molecule is CCC(C)(C)Nc1c(-c2ccc(NC(=O)Nc3ccc(Cl)cc3)cc2)nc2ccccn12. The van der Waals surface area contributed by atoms with Crippen molar-refractivity contribution < 1.29 is 4.79 Å². The summed E-state index contributed by atoms with van der Waals surface area (Å²) in [7, 11) is 0. The van der Waals surface area contributed by atoms with Crippen molar-refractivity contribution >= 4 is 40.5 Å². The first kappa shape index (κ1) is 21.7. The van der Waals surface area contributed by atoms with E-state index in [4.69, 9.17) is 16.6 Å². The largest absolute Gasteiger partial charge is 0.364 e. The van der Waals surface area contributed by atoms with Crippen LogP contribution in [0, 0.1) is 0 Å². The number of fused-ring (bicyclic) bond motifs is 1. The van der Waals surface area contributed by atoms with Crippen molar-refractivity contribution in [2.75, 3.05) is 16.0 Å². The van der Waals surface area contributed by atoms with Gasteiger partial charge >= 0.3 is 6.03 Å². The van der Waals surface area contributed by atoms with Crippen molar-refractivity contribution in [3.05, 3.63) is 77.9 Å². The number of pyridine rings is 1. The standard InChI is InChI=1S/C25H26ClN5O/c1-4-25(2,3)30-23-22(29-21-7-5-6-16-31(21)23)17-8-12-19(13-9-17)27-24(32)28-20-14-10-18(26)11-15-20/h5-16,30H,4H2,1-3H3,(H2,27,28,32). The number of imidazole rings is 1. The molecule has 2 amide bonds. The van der Waals surface area contributed by atoms with Crippen LogP contribution in [0.4, 0.5) is 22.0 Å². The number of anilines is 3. The van der Waals surface area contributed by atoms with E-state index in [0.29, 0.717) is 16.4 Å². The smallest absolute Gasteiger partial charge is 0.323 e. The van der Waals surface area contributed by atoms with Crippen LogP contribution in [0.15, 0.2) is 72.9 Å². The number of urea groups is 1. The molecule has 3 N–H and O–H groups in total. The Morgan fingerprint density at radius 3 is 2.22 bits per heavy atom. The number of benzene rings is 2. The fourth-order valence-corrected chi connectivity index (χ4v) is 3.39. The van der Waals surface area contributed by atoms with Crippen molar-refractivity contribution in [3.8, 4) is 11.3 Å². The van der Waals surface area contributed by atoms with Crippen molar-refractivity contribution in [2.45, 2.75) is 32.7 Å². The first-order valence-electron chi connectivity index (χ1n) is 10.5. The minimum Gasteiger partial charge on any atom is -0.364 e. The molecule has 0 aliphatic rings. The molecule has 2 aromatic carbocycles. The summed E-state index contributed by atoms with van der Waals surface area (Å²) in [4.78, 5) is 17.1. The monoisotopic (exact) mass is 447 g/mol. The molecule has 0 atom stereocenters. The second kappa shape index (κ2) is 8.93. The van der Waals surface area contributed by atoms with Crippen molar-refractivity contribution in [2.24, 2.45) is 0 Å². The van der Waals surface area contributed by atoms with Gasteiger partial charge in [0.25, 0.3) is 0 Å². The summed E-state index contributed by atoms with van der Waals surface area (Å²) < 4.78 is 2.07. The molecule has 0 aliphatic heterocycles. The van der Waals surface area contributed by atoms with Gasteiger partial charge in [0, 0.05) is 33.7 Å². The lowest BCUT2D eigenvalue weighted by Gasteiger charge is -2.26. The topological polar surface area (TPSA) is 70.5 Å². The van der Waals surface area contributed by atoms with Gasteiger partial charge in [0.2, 0.25) is 0 Å². The average Bonchev–Trinajstić information content (AvgIpc) is 3.14. The highest BCUT2D eigenvalue weighted by molar-refractivity contribution is 6.30. The first-order valence-corrected chi connectivity index (χ1v) is 10.9. The summed E-state index contributed by atoms with van der Waals surface area (Å²) in [5, 5.41) is 9.90. The van der Waals surface area contributed by atoms with Crippen molar-refractivity contribution in [3.63, 3.8) is 0 Å². The van der Waals surface area contributed by atoms with Gasteiger partial charge in [-0.1, -0.05) is 36.7 Å². The third kappa shape index (κ3) is 4.86. The molecule has 6 nitrogen and oxygen atoms in total. The van der Waals surface area contributed by atoms with Gasteiger partial charge in [0.15, 0.2) is 0 Å². The Kier molecular flexibility index (Phi) is 6.06. The zero-order chi connectivity index (χ0) is 22.7. The molecule has 7 heteroatoms. The molecule has 0 saturated carbocycles. The molecule has 4 aromatic rings. The lowest BCUT2D eigenvalue weighted by atomic mass is 10.0. The normalized spacial score (nSPS) is 11.4. The van der Waals surface area contributed by atoms with Crippen LogP contribution in [0.5, 0.6) is 0 Å². The van der Waals surface area contributed by atoms with E-state index in [1.165, 1.54) is 0 Å². The number of nitrogens with zero attached hydrogens (tertiary/aromatic N) is 2. The minimum atomic E-state index is -0.320. The molecule has 0 saturated heterocycles. The van der Waals surface area contributed by atoms with Crippen LogP contribution in [0.2, 0.25) is 5.02 Å². The van der Waals surface area contributed by atoms with Crippen LogP contribution in [0.3, 0.4) is 0 Å². The number of aromatic nitrogens is 2. The molecule has 0 fully saturated rings. The van der Waals surface area contributed by atoms with E-state index < -0.39 is 0 Å². The van der Waals surface area contributed by atoms with E-state index in [1.54, 1.807) is 24.3 Å². The van der Waals surface area contributed by atoms with Crippen molar-refractivity contribution in [1.82, 2.24) is 9.38 Å². The summed E-state index contributed by atoms with van der Waals surface area (Å²) in [6.07, 6.45) is 2.98. The highest BCUT2D eigenvalue weighted by atomic mass is 35.5. The molecule has 0 unspecified atom stereocenters. The minimum absolute atomic E-state index is 0.0815. The van der Waals surface area contributed by atoms with Gasteiger partial charge in [-0.2, -0.15) is 0 Å². The van der Waals surface area contributed by atoms with E-state index in [0.717, 1.165) is 29.1 Å². The Morgan fingerprint density at radius 1 is 0.969 bits per heavy atom. The fraction of sp³-hybridized carbons (Fsp3) is 0.200. The number of hydrogen-bond acceptors (Lipinski definition) is 3. The number of hydrogen-bond donors (Lipinski definition) is 3. The van der Waals surface area contributed by atoms with Crippen molar-refractivity contribution in [1.29, 1.82) is 0 Å². The predicted molar refractivity (Wildman–Crippen MR) is 133 cm³/mol. The highest BCUT2D eigenvalue weighted by Crippen LogP contribution is 2.32. The summed E-state index contributed by atoms with van der Waals surface area (Å²) in [5.41, 5.74) is 3.99. The van der Waals surface area contributed by atoms with Crippen LogP contribution in [0.25, 0.3) is 16.9 Å². The Bertz CT molecular complexity index is 1230. The number of halogens is 1. The van der Waals surface area contributed by atoms with Gasteiger partial charge < -0.3 is 16.0 Å². The lowest BCUT2D eigenvalue weighted by molar-refractivity contribution is 0.262. The van der Waals surface area contributed by atoms with Crippen LogP contribution >= 0.6 is 11.6 Å². The van der Waals surface area contributed by atoms with Crippen LogP contribution in [-0.4, -0.2) is 21.0 Å². The Labute approximate surface area is 192 Å². The van der Waals surface area contributed by atoms with E-state index in [9.17, 15) is 4.79 Å². The highest BCUT2D eigenvalue weighted by Gasteiger charge is 2.21. The van der Waals surface area contributed by atoms with E-state index in [-0.39, 0.29) is 11.6 Å². The molecule has 4 rings (SSSR count). The maximum absolute atomic E-state index is 12.3. The molecule has 0 spiro atoms. The average molecular weight is 448 g/mol. The first-order chi connectivity index (χ1) is 15.3. The van der Waals surface area contributed by atoms with Gasteiger partial charge in [0.05, 0.1) is 0 Å². The third-order valence-corrected chi connectivity index (χ3v) is 5.64. The quantitative estimate of drug-likeness (QED) is 0.301. The second-order valence-electron chi connectivity index (χ2n) is 8.26. The molecule has 0 bridgehead atoms. The third-order valence-electron chi connectivity index (χ3n) is 5.39. The van der Waals surface area contributed by atoms with E-state index >= 15 is 0 Å². The molecular formula is C25H26ClN5O. The Hall–Kier alpha value is -3.51. The van der Waals surface area contributed by atoms with Crippen LogP contribution in [-0.2, 0) is 0 Å². The number of rotatable bonds is 6. The van der Waals surface area contributed by atoms with Gasteiger partial charge in [0.1, 0.15) is 17.2 Å².